The van der Waals surface area contributed by atoms with Gasteiger partial charge >= 0.3 is 11.7 Å². The van der Waals surface area contributed by atoms with E-state index in [0.717, 1.165) is 0 Å². The smallest absolute Gasteiger partial charge is 0.348 e. The number of rotatable bonds is 1. The molecule has 0 atom stereocenters. The summed E-state index contributed by atoms with van der Waals surface area (Å²) in [7, 11) is 0. The summed E-state index contributed by atoms with van der Waals surface area (Å²) in [4.78, 5) is 9.52. The summed E-state index contributed by atoms with van der Waals surface area (Å²) in [5.41, 5.74) is -2.84. The van der Waals surface area contributed by atoms with Crippen molar-refractivity contribution in [3.05, 3.63) is 10.1 Å². The number of ether oxygens (including phenoxy) is 2. The highest BCUT2D eigenvalue weighted by Gasteiger charge is 2.68. The van der Waals surface area contributed by atoms with E-state index in [1.165, 1.54) is 0 Å². The van der Waals surface area contributed by atoms with Crippen molar-refractivity contribution < 1.29 is 27.6 Å². The second-order valence-corrected chi connectivity index (χ2v) is 4.39. The van der Waals surface area contributed by atoms with Gasteiger partial charge in [-0.05, 0) is 0 Å². The van der Waals surface area contributed by atoms with Crippen LogP contribution in [0.1, 0.15) is 25.7 Å². The average molecular weight is 255 g/mol. The Balaban J connectivity index is 2.16. The molecule has 0 aromatic heterocycles. The van der Waals surface area contributed by atoms with Gasteiger partial charge in [-0.3, -0.25) is 10.1 Å². The van der Waals surface area contributed by atoms with E-state index < -0.39 is 35.3 Å². The Morgan fingerprint density at radius 1 is 1.06 bits per heavy atom. The Morgan fingerprint density at radius 3 is 1.88 bits per heavy atom. The van der Waals surface area contributed by atoms with Crippen LogP contribution in [0.3, 0.4) is 0 Å². The van der Waals surface area contributed by atoms with E-state index in [0.29, 0.717) is 13.2 Å². The molecular formula is C9H12F3NO4. The van der Waals surface area contributed by atoms with Gasteiger partial charge in [-0.1, -0.05) is 0 Å². The molecule has 1 heterocycles. The lowest BCUT2D eigenvalue weighted by atomic mass is 9.78. The Bertz CT molecular complexity index is 315. The average Bonchev–Trinajstić information content (AvgIpc) is 2.66. The lowest BCUT2D eigenvalue weighted by molar-refractivity contribution is -0.620. The lowest BCUT2D eigenvalue weighted by Gasteiger charge is -2.38. The van der Waals surface area contributed by atoms with Crippen LogP contribution in [0.25, 0.3) is 0 Å². The zero-order valence-corrected chi connectivity index (χ0v) is 8.96. The summed E-state index contributed by atoms with van der Waals surface area (Å²) in [6, 6.07) is 0. The highest BCUT2D eigenvalue weighted by atomic mass is 19.4. The number of hydrogen-bond donors (Lipinski definition) is 0. The topological polar surface area (TPSA) is 61.6 Å². The molecule has 2 fully saturated rings. The third-order valence-electron chi connectivity index (χ3n) is 3.53. The second-order valence-electron chi connectivity index (χ2n) is 4.39. The van der Waals surface area contributed by atoms with Crippen LogP contribution < -0.4 is 0 Å². The molecule has 1 aliphatic carbocycles. The van der Waals surface area contributed by atoms with Crippen LogP contribution in [0.4, 0.5) is 13.2 Å². The fraction of sp³-hybridized carbons (Fsp3) is 1.00. The van der Waals surface area contributed by atoms with Crippen LogP contribution in [0.2, 0.25) is 0 Å². The molecule has 0 radical (unpaired) electrons. The third-order valence-corrected chi connectivity index (χ3v) is 3.53. The maximum absolute atomic E-state index is 12.8. The fourth-order valence-electron chi connectivity index (χ4n) is 2.40. The van der Waals surface area contributed by atoms with Crippen molar-refractivity contribution in [2.75, 3.05) is 13.2 Å². The predicted octanol–water partition coefficient (Wildman–Crippen LogP) is 1.88. The zero-order valence-electron chi connectivity index (χ0n) is 8.96. The molecule has 8 heteroatoms. The summed E-state index contributed by atoms with van der Waals surface area (Å²) >= 11 is 0. The van der Waals surface area contributed by atoms with E-state index in [4.69, 9.17) is 9.47 Å². The van der Waals surface area contributed by atoms with E-state index in [1.807, 2.05) is 0 Å². The molecule has 0 aromatic carbocycles. The Labute approximate surface area is 95.0 Å². The van der Waals surface area contributed by atoms with Crippen molar-refractivity contribution in [2.45, 2.75) is 43.2 Å². The molecule has 98 valence electrons. The van der Waals surface area contributed by atoms with E-state index >= 15 is 0 Å². The van der Waals surface area contributed by atoms with Crippen LogP contribution in [0.15, 0.2) is 0 Å². The van der Waals surface area contributed by atoms with Gasteiger partial charge in [-0.15, -0.1) is 0 Å². The minimum Gasteiger partial charge on any atom is -0.348 e. The summed E-state index contributed by atoms with van der Waals surface area (Å²) in [6.07, 6.45) is -6.20. The molecular weight excluding hydrogens is 243 g/mol. The van der Waals surface area contributed by atoms with Gasteiger partial charge in [0.05, 0.1) is 13.2 Å². The van der Waals surface area contributed by atoms with Crippen LogP contribution in [-0.2, 0) is 9.47 Å². The quantitative estimate of drug-likeness (QED) is 0.530. The van der Waals surface area contributed by atoms with Gasteiger partial charge in [0.25, 0.3) is 0 Å². The van der Waals surface area contributed by atoms with Gasteiger partial charge in [-0.2, -0.15) is 13.2 Å². The molecule has 0 amide bonds. The molecule has 17 heavy (non-hydrogen) atoms. The number of nitrogens with zero attached hydrogens (tertiary/aromatic N) is 1. The Kier molecular flexibility index (Phi) is 2.81. The van der Waals surface area contributed by atoms with Crippen LogP contribution in [0.5, 0.6) is 0 Å². The molecule has 0 N–H and O–H groups in total. The Hall–Kier alpha value is -0.890. The predicted molar refractivity (Wildman–Crippen MR) is 48.9 cm³/mol. The molecule has 0 aromatic rings. The van der Waals surface area contributed by atoms with E-state index in [9.17, 15) is 23.3 Å². The molecule has 1 saturated heterocycles. The summed E-state index contributed by atoms with van der Waals surface area (Å²) in [6.45, 7) is 0.662. The van der Waals surface area contributed by atoms with Gasteiger partial charge in [0.2, 0.25) is 0 Å². The summed E-state index contributed by atoms with van der Waals surface area (Å²) in [5, 5.41) is 10.7. The van der Waals surface area contributed by atoms with E-state index in [2.05, 4.69) is 0 Å². The molecule has 0 unspecified atom stereocenters. The third kappa shape index (κ3) is 1.89. The van der Waals surface area contributed by atoms with Crippen molar-refractivity contribution >= 4 is 0 Å². The number of nitro groups is 1. The number of halogens is 3. The van der Waals surface area contributed by atoms with Crippen molar-refractivity contribution in [3.63, 3.8) is 0 Å². The molecule has 1 saturated carbocycles. The number of hydrogen-bond acceptors (Lipinski definition) is 4. The maximum Gasteiger partial charge on any atom is 0.460 e. The molecule has 1 spiro atoms. The fourth-order valence-corrected chi connectivity index (χ4v) is 2.40. The molecule has 0 bridgehead atoms. The summed E-state index contributed by atoms with van der Waals surface area (Å²) in [5.74, 6) is -1.02. The summed E-state index contributed by atoms with van der Waals surface area (Å²) < 4.78 is 48.9. The van der Waals surface area contributed by atoms with Crippen LogP contribution in [-0.4, -0.2) is 35.6 Å². The molecule has 5 nitrogen and oxygen atoms in total. The number of alkyl halides is 3. The van der Waals surface area contributed by atoms with Crippen molar-refractivity contribution in [1.82, 2.24) is 0 Å². The van der Waals surface area contributed by atoms with E-state index in [-0.39, 0.29) is 12.8 Å². The lowest BCUT2D eigenvalue weighted by Crippen LogP contribution is -2.57. The molecule has 2 rings (SSSR count). The van der Waals surface area contributed by atoms with Gasteiger partial charge < -0.3 is 9.47 Å². The van der Waals surface area contributed by atoms with Gasteiger partial charge in [-0.25, -0.2) is 0 Å². The van der Waals surface area contributed by atoms with Crippen molar-refractivity contribution in [2.24, 2.45) is 0 Å². The molecule has 1 aliphatic heterocycles. The first-order valence-corrected chi connectivity index (χ1v) is 5.31. The molecule has 2 aliphatic rings. The monoisotopic (exact) mass is 255 g/mol. The van der Waals surface area contributed by atoms with E-state index in [1.54, 1.807) is 0 Å². The first kappa shape index (κ1) is 12.6. The minimum atomic E-state index is -4.84. The first-order chi connectivity index (χ1) is 7.81. The zero-order chi connectivity index (χ0) is 12.7. The van der Waals surface area contributed by atoms with Crippen molar-refractivity contribution in [3.8, 4) is 0 Å². The van der Waals surface area contributed by atoms with Crippen LogP contribution in [0, 0.1) is 10.1 Å². The maximum atomic E-state index is 12.8. The highest BCUT2D eigenvalue weighted by Crippen LogP contribution is 2.48. The second kappa shape index (κ2) is 3.81. The normalized spacial score (nSPS) is 27.2. The highest BCUT2D eigenvalue weighted by molar-refractivity contribution is 4.96. The Morgan fingerprint density at radius 2 is 1.53 bits per heavy atom. The van der Waals surface area contributed by atoms with Gasteiger partial charge in [0, 0.05) is 30.6 Å². The van der Waals surface area contributed by atoms with Gasteiger partial charge in [0.15, 0.2) is 5.79 Å². The van der Waals surface area contributed by atoms with Gasteiger partial charge in [0.1, 0.15) is 0 Å². The van der Waals surface area contributed by atoms with Crippen molar-refractivity contribution in [1.29, 1.82) is 0 Å². The largest absolute Gasteiger partial charge is 0.460 e. The SMILES string of the molecule is O=[N+]([O-])C1(C(F)(F)F)CCC2(CC1)OCCO2. The minimum absolute atomic E-state index is 0.0898. The van der Waals surface area contributed by atoms with Crippen LogP contribution >= 0.6 is 0 Å². The first-order valence-electron chi connectivity index (χ1n) is 5.31. The standard InChI is InChI=1S/C9H12F3NO4/c10-9(11,12)7(13(14)15)1-3-8(4-2-7)16-5-6-17-8/h1-6H2.